The average Bonchev–Trinajstić information content (AvgIpc) is 2.01. The topological polar surface area (TPSA) is 50.1 Å². The van der Waals surface area contributed by atoms with Gasteiger partial charge in [0.05, 0.1) is 6.10 Å². The van der Waals surface area contributed by atoms with Gasteiger partial charge < -0.3 is 4.74 Å². The highest BCUT2D eigenvalue weighted by Gasteiger charge is 2.14. The minimum Gasteiger partial charge on any atom is -0.459 e. The van der Waals surface area contributed by atoms with Crippen molar-refractivity contribution in [2.45, 2.75) is 40.7 Å². The van der Waals surface area contributed by atoms with Crippen LogP contribution in [0.25, 0.3) is 0 Å². The number of carbonyl (C=O) groups is 1. The van der Waals surface area contributed by atoms with Crippen molar-refractivity contribution in [2.75, 3.05) is 0 Å². The molecular weight excluding hydrogens is 190 g/mol. The van der Waals surface area contributed by atoms with Crippen molar-refractivity contribution in [1.29, 1.82) is 5.26 Å². The molecule has 0 amide bonds. The third-order valence-corrected chi connectivity index (χ3v) is 1.56. The molecule has 0 fully saturated rings. The second-order valence-corrected chi connectivity index (χ2v) is 3.85. The number of nitrogens with zero attached hydrogens (tertiary/aromatic N) is 1. The number of esters is 1. The predicted octanol–water partition coefficient (Wildman–Crippen LogP) is 2.74. The Balaban J connectivity index is 5.00. The number of hydrogen-bond donors (Lipinski definition) is 0. The fourth-order valence-corrected chi connectivity index (χ4v) is 1.07. The zero-order valence-corrected chi connectivity index (χ0v) is 9.92. The van der Waals surface area contributed by atoms with Gasteiger partial charge in [-0.15, -0.1) is 0 Å². The maximum Gasteiger partial charge on any atom is 0.349 e. The molecule has 0 aromatic rings. The van der Waals surface area contributed by atoms with Crippen LogP contribution in [0.15, 0.2) is 22.8 Å². The lowest BCUT2D eigenvalue weighted by Crippen LogP contribution is -2.13. The third-order valence-electron chi connectivity index (χ3n) is 1.56. The van der Waals surface area contributed by atoms with Crippen molar-refractivity contribution >= 4 is 5.97 Å². The molecule has 0 aliphatic heterocycles. The van der Waals surface area contributed by atoms with Gasteiger partial charge in [0.15, 0.2) is 0 Å². The number of hydrogen-bond acceptors (Lipinski definition) is 3. The molecule has 0 aromatic heterocycles. The fourth-order valence-electron chi connectivity index (χ4n) is 1.07. The van der Waals surface area contributed by atoms with E-state index in [1.54, 1.807) is 26.8 Å². The third kappa shape index (κ3) is 5.02. The highest BCUT2D eigenvalue weighted by molar-refractivity contribution is 5.94. The quantitative estimate of drug-likeness (QED) is 0.309. The lowest BCUT2D eigenvalue weighted by atomic mass is 10.1. The molecule has 0 bridgehead atoms. The number of carbonyl (C=O) groups excluding carboxylic acids is 1. The lowest BCUT2D eigenvalue weighted by Gasteiger charge is -2.07. The molecule has 0 aliphatic carbocycles. The van der Waals surface area contributed by atoms with Gasteiger partial charge in [-0.05, 0) is 40.2 Å². The van der Waals surface area contributed by atoms with E-state index in [2.05, 4.69) is 0 Å². The first kappa shape index (κ1) is 13.4. The molecule has 0 atom stereocenters. The van der Waals surface area contributed by atoms with E-state index in [1.165, 1.54) is 0 Å². The second kappa shape index (κ2) is 6.02. The smallest absolute Gasteiger partial charge is 0.349 e. The molecule has 0 heterocycles. The van der Waals surface area contributed by atoms with E-state index in [0.29, 0.717) is 5.57 Å². The van der Waals surface area contributed by atoms with Crippen LogP contribution >= 0.6 is 0 Å². The zero-order chi connectivity index (χ0) is 12.0. The Morgan fingerprint density at radius 1 is 1.33 bits per heavy atom. The first-order chi connectivity index (χ1) is 6.88. The van der Waals surface area contributed by atoms with E-state index in [9.17, 15) is 4.79 Å². The van der Waals surface area contributed by atoms with Crippen molar-refractivity contribution in [3.8, 4) is 6.07 Å². The van der Waals surface area contributed by atoms with Crippen LogP contribution in [0.1, 0.15) is 34.6 Å². The molecule has 0 rings (SSSR count). The molecule has 0 N–H and O–H groups in total. The summed E-state index contributed by atoms with van der Waals surface area (Å²) in [5.41, 5.74) is 1.76. The van der Waals surface area contributed by atoms with Crippen molar-refractivity contribution in [2.24, 2.45) is 0 Å². The molecular formula is C12H17NO2. The average molecular weight is 207 g/mol. The molecule has 0 spiro atoms. The minimum absolute atomic E-state index is 0.0740. The predicted molar refractivity (Wildman–Crippen MR) is 59.0 cm³/mol. The summed E-state index contributed by atoms with van der Waals surface area (Å²) in [5, 5.41) is 8.85. The summed E-state index contributed by atoms with van der Waals surface area (Å²) in [4.78, 5) is 11.5. The largest absolute Gasteiger partial charge is 0.459 e. The molecule has 0 unspecified atom stereocenters. The maximum atomic E-state index is 11.5. The van der Waals surface area contributed by atoms with Crippen molar-refractivity contribution in [3.63, 3.8) is 0 Å². The number of ether oxygens (including phenoxy) is 1. The fraction of sp³-hybridized carbons (Fsp3) is 0.500. The Labute approximate surface area is 91.0 Å². The Morgan fingerprint density at radius 2 is 1.87 bits per heavy atom. The van der Waals surface area contributed by atoms with Crippen LogP contribution in [0.2, 0.25) is 0 Å². The number of rotatable bonds is 3. The van der Waals surface area contributed by atoms with Crippen molar-refractivity contribution in [1.82, 2.24) is 0 Å². The summed E-state index contributed by atoms with van der Waals surface area (Å²) in [6.07, 6.45) is 1.58. The first-order valence-corrected chi connectivity index (χ1v) is 4.85. The molecule has 15 heavy (non-hydrogen) atoms. The SMILES string of the molecule is CC(C)=C/C(C)=C(\C#N)C(=O)OC(C)C. The van der Waals surface area contributed by atoms with Crippen LogP contribution in [-0.4, -0.2) is 12.1 Å². The summed E-state index contributed by atoms with van der Waals surface area (Å²) in [5.74, 6) is -0.553. The van der Waals surface area contributed by atoms with Crippen LogP contribution < -0.4 is 0 Å². The van der Waals surface area contributed by atoms with Gasteiger partial charge in [0.25, 0.3) is 0 Å². The van der Waals surface area contributed by atoms with Crippen molar-refractivity contribution < 1.29 is 9.53 Å². The van der Waals surface area contributed by atoms with Gasteiger partial charge in [-0.1, -0.05) is 11.6 Å². The van der Waals surface area contributed by atoms with Crippen LogP contribution in [0.3, 0.4) is 0 Å². The summed E-state index contributed by atoms with van der Waals surface area (Å²) >= 11 is 0. The molecule has 0 aromatic carbocycles. The van der Waals surface area contributed by atoms with Gasteiger partial charge in [-0.25, -0.2) is 4.79 Å². The second-order valence-electron chi connectivity index (χ2n) is 3.85. The molecule has 0 radical (unpaired) electrons. The monoisotopic (exact) mass is 207 g/mol. The standard InChI is InChI=1S/C12H17NO2/c1-8(2)6-10(5)11(7-13)12(14)15-9(3)4/h6,9H,1-5H3/b11-10+. The first-order valence-electron chi connectivity index (χ1n) is 4.85. The van der Waals surface area contributed by atoms with E-state index in [0.717, 1.165) is 5.57 Å². The van der Waals surface area contributed by atoms with E-state index in [1.807, 2.05) is 19.9 Å². The summed E-state index contributed by atoms with van der Waals surface area (Å²) in [6, 6.07) is 1.87. The Hall–Kier alpha value is -1.56. The van der Waals surface area contributed by atoms with Crippen LogP contribution in [0.4, 0.5) is 0 Å². The highest BCUT2D eigenvalue weighted by Crippen LogP contribution is 2.10. The summed E-state index contributed by atoms with van der Waals surface area (Å²) in [6.45, 7) is 9.05. The Bertz CT molecular complexity index is 339. The maximum absolute atomic E-state index is 11.5. The highest BCUT2D eigenvalue weighted by atomic mass is 16.5. The Morgan fingerprint density at radius 3 is 2.20 bits per heavy atom. The van der Waals surface area contributed by atoms with Crippen LogP contribution in [0, 0.1) is 11.3 Å². The minimum atomic E-state index is -0.553. The number of nitriles is 1. The molecule has 0 saturated heterocycles. The van der Waals surface area contributed by atoms with Gasteiger partial charge in [0, 0.05) is 0 Å². The van der Waals surface area contributed by atoms with Crippen LogP contribution in [-0.2, 0) is 9.53 Å². The van der Waals surface area contributed by atoms with Gasteiger partial charge in [0.2, 0.25) is 0 Å². The number of allylic oxidation sites excluding steroid dienone is 3. The molecule has 3 nitrogen and oxygen atoms in total. The van der Waals surface area contributed by atoms with Crippen LogP contribution in [0.5, 0.6) is 0 Å². The summed E-state index contributed by atoms with van der Waals surface area (Å²) in [7, 11) is 0. The normalized spacial score (nSPS) is 11.5. The van der Waals surface area contributed by atoms with Crippen molar-refractivity contribution in [3.05, 3.63) is 22.8 Å². The molecule has 0 saturated carbocycles. The Kier molecular flexibility index (Phi) is 5.40. The van der Waals surface area contributed by atoms with Gasteiger partial charge >= 0.3 is 5.97 Å². The van der Waals surface area contributed by atoms with E-state index < -0.39 is 5.97 Å². The lowest BCUT2D eigenvalue weighted by molar-refractivity contribution is -0.142. The van der Waals surface area contributed by atoms with Gasteiger partial charge in [-0.2, -0.15) is 5.26 Å². The van der Waals surface area contributed by atoms with E-state index >= 15 is 0 Å². The van der Waals surface area contributed by atoms with E-state index in [-0.39, 0.29) is 11.7 Å². The zero-order valence-electron chi connectivity index (χ0n) is 9.92. The van der Waals surface area contributed by atoms with Gasteiger partial charge in [0.1, 0.15) is 11.6 Å². The molecule has 82 valence electrons. The van der Waals surface area contributed by atoms with E-state index in [4.69, 9.17) is 10.00 Å². The molecule has 0 aliphatic rings. The van der Waals surface area contributed by atoms with Gasteiger partial charge in [-0.3, -0.25) is 0 Å². The molecule has 3 heteroatoms. The summed E-state index contributed by atoms with van der Waals surface area (Å²) < 4.78 is 4.96.